The van der Waals surface area contributed by atoms with Gasteiger partial charge in [-0.25, -0.2) is 0 Å². The average molecular weight is 254 g/mol. The molecule has 1 unspecified atom stereocenters. The van der Waals surface area contributed by atoms with E-state index >= 15 is 0 Å². The Morgan fingerprint density at radius 1 is 1.59 bits per heavy atom. The van der Waals surface area contributed by atoms with Gasteiger partial charge >= 0.3 is 0 Å². The molecular formula is C12H16ClN3O. The van der Waals surface area contributed by atoms with Crippen molar-refractivity contribution >= 4 is 23.2 Å². The molecule has 2 rings (SSSR count). The first-order chi connectivity index (χ1) is 8.13. The molecule has 0 bridgehead atoms. The van der Waals surface area contributed by atoms with Crippen LogP contribution in [-0.2, 0) is 4.79 Å². The normalized spacial score (nSPS) is 20.3. The third kappa shape index (κ3) is 2.37. The van der Waals surface area contributed by atoms with E-state index in [0.29, 0.717) is 18.1 Å². The van der Waals surface area contributed by atoms with Gasteiger partial charge in [0.2, 0.25) is 5.91 Å². The van der Waals surface area contributed by atoms with Crippen molar-refractivity contribution in [3.8, 4) is 0 Å². The average Bonchev–Trinajstić information content (AvgIpc) is 2.32. The summed E-state index contributed by atoms with van der Waals surface area (Å²) in [5, 5.41) is 3.50. The first-order valence-corrected chi connectivity index (χ1v) is 6.02. The summed E-state index contributed by atoms with van der Waals surface area (Å²) in [6.45, 7) is 3.71. The lowest BCUT2D eigenvalue weighted by Gasteiger charge is -2.37. The fourth-order valence-corrected chi connectivity index (χ4v) is 2.30. The molecule has 1 heterocycles. The number of nitrogens with one attached hydrogen (secondary N) is 1. The number of carbonyl (C=O) groups is 1. The maximum absolute atomic E-state index is 11.7. The Morgan fingerprint density at radius 3 is 3.06 bits per heavy atom. The van der Waals surface area contributed by atoms with Gasteiger partial charge in [-0.05, 0) is 24.6 Å². The van der Waals surface area contributed by atoms with E-state index in [0.717, 1.165) is 17.8 Å². The van der Waals surface area contributed by atoms with Crippen molar-refractivity contribution in [3.63, 3.8) is 0 Å². The highest BCUT2D eigenvalue weighted by molar-refractivity contribution is 6.30. The molecule has 4 nitrogen and oxygen atoms in total. The Morgan fingerprint density at radius 2 is 2.35 bits per heavy atom. The SMILES string of the molecule is Cc1ccc(Cl)cc1N1CCNC(=O)C1CN. The number of hydrogen-bond acceptors (Lipinski definition) is 3. The lowest BCUT2D eigenvalue weighted by atomic mass is 10.1. The van der Waals surface area contributed by atoms with Crippen LogP contribution in [-0.4, -0.2) is 31.6 Å². The Bertz CT molecular complexity index is 436. The third-order valence-electron chi connectivity index (χ3n) is 3.03. The van der Waals surface area contributed by atoms with Gasteiger partial charge in [-0.2, -0.15) is 0 Å². The van der Waals surface area contributed by atoms with Crippen LogP contribution in [0.4, 0.5) is 5.69 Å². The van der Waals surface area contributed by atoms with E-state index < -0.39 is 0 Å². The van der Waals surface area contributed by atoms with Crippen molar-refractivity contribution in [3.05, 3.63) is 28.8 Å². The van der Waals surface area contributed by atoms with Crippen LogP contribution in [0.25, 0.3) is 0 Å². The first kappa shape index (κ1) is 12.2. The molecule has 0 saturated carbocycles. The third-order valence-corrected chi connectivity index (χ3v) is 3.27. The monoisotopic (exact) mass is 253 g/mol. The molecule has 1 atom stereocenters. The van der Waals surface area contributed by atoms with E-state index in [1.54, 1.807) is 0 Å². The molecule has 1 aliphatic rings. The molecule has 3 N–H and O–H groups in total. The van der Waals surface area contributed by atoms with E-state index in [9.17, 15) is 4.79 Å². The highest BCUT2D eigenvalue weighted by Crippen LogP contribution is 2.26. The highest BCUT2D eigenvalue weighted by Gasteiger charge is 2.29. The second kappa shape index (κ2) is 4.94. The van der Waals surface area contributed by atoms with Crippen LogP contribution in [0.1, 0.15) is 5.56 Å². The molecule has 5 heteroatoms. The van der Waals surface area contributed by atoms with Crippen LogP contribution in [0.15, 0.2) is 18.2 Å². The maximum atomic E-state index is 11.7. The highest BCUT2D eigenvalue weighted by atomic mass is 35.5. The van der Waals surface area contributed by atoms with Crippen LogP contribution in [0, 0.1) is 6.92 Å². The van der Waals surface area contributed by atoms with E-state index in [1.165, 1.54) is 0 Å². The molecule has 1 aromatic rings. The predicted molar refractivity (Wildman–Crippen MR) is 69.4 cm³/mol. The Hall–Kier alpha value is -1.26. The molecular weight excluding hydrogens is 238 g/mol. The van der Waals surface area contributed by atoms with Crippen LogP contribution in [0.2, 0.25) is 5.02 Å². The lowest BCUT2D eigenvalue weighted by Crippen LogP contribution is -2.58. The minimum atomic E-state index is -0.305. The van der Waals surface area contributed by atoms with Crippen LogP contribution < -0.4 is 16.0 Å². The standard InChI is InChI=1S/C12H16ClN3O/c1-8-2-3-9(13)6-10(8)16-5-4-15-12(17)11(16)7-14/h2-3,6,11H,4-5,7,14H2,1H3,(H,15,17). The van der Waals surface area contributed by atoms with Crippen LogP contribution in [0.5, 0.6) is 0 Å². The number of rotatable bonds is 2. The minimum absolute atomic E-state index is 0.0156. The number of amides is 1. The second-order valence-electron chi connectivity index (χ2n) is 4.17. The zero-order valence-electron chi connectivity index (χ0n) is 9.74. The quantitative estimate of drug-likeness (QED) is 0.824. The number of anilines is 1. The van der Waals surface area contributed by atoms with Gasteiger partial charge in [-0.1, -0.05) is 17.7 Å². The van der Waals surface area contributed by atoms with Crippen LogP contribution >= 0.6 is 11.6 Å². The predicted octanol–water partition coefficient (Wildman–Crippen LogP) is 0.912. The Balaban J connectivity index is 2.36. The van der Waals surface area contributed by atoms with Crippen molar-refractivity contribution in [1.29, 1.82) is 0 Å². The summed E-state index contributed by atoms with van der Waals surface area (Å²) in [6, 6.07) is 5.39. The number of aryl methyl sites for hydroxylation is 1. The summed E-state index contributed by atoms with van der Waals surface area (Å²) < 4.78 is 0. The summed E-state index contributed by atoms with van der Waals surface area (Å²) in [4.78, 5) is 13.8. The van der Waals surface area contributed by atoms with E-state index in [2.05, 4.69) is 5.32 Å². The van der Waals surface area contributed by atoms with Crippen molar-refractivity contribution in [1.82, 2.24) is 5.32 Å². The summed E-state index contributed by atoms with van der Waals surface area (Å²) in [6.07, 6.45) is 0. The number of piperazine rings is 1. The van der Waals surface area contributed by atoms with Crippen molar-refractivity contribution in [2.45, 2.75) is 13.0 Å². The second-order valence-corrected chi connectivity index (χ2v) is 4.60. The van der Waals surface area contributed by atoms with Crippen molar-refractivity contribution in [2.75, 3.05) is 24.5 Å². The molecule has 0 aromatic heterocycles. The molecule has 0 aliphatic carbocycles. The summed E-state index contributed by atoms with van der Waals surface area (Å²) in [5.74, 6) is -0.0156. The minimum Gasteiger partial charge on any atom is -0.356 e. The molecule has 92 valence electrons. The van der Waals surface area contributed by atoms with E-state index in [1.807, 2.05) is 30.0 Å². The van der Waals surface area contributed by atoms with Gasteiger partial charge in [0.25, 0.3) is 0 Å². The molecule has 1 fully saturated rings. The number of nitrogens with two attached hydrogens (primary N) is 1. The van der Waals surface area contributed by atoms with Crippen molar-refractivity contribution < 1.29 is 4.79 Å². The molecule has 1 saturated heterocycles. The first-order valence-electron chi connectivity index (χ1n) is 5.64. The molecule has 17 heavy (non-hydrogen) atoms. The molecule has 0 radical (unpaired) electrons. The maximum Gasteiger partial charge on any atom is 0.244 e. The summed E-state index contributed by atoms with van der Waals surface area (Å²) in [5.41, 5.74) is 7.76. The van der Waals surface area contributed by atoms with Gasteiger partial charge in [0, 0.05) is 30.3 Å². The smallest absolute Gasteiger partial charge is 0.244 e. The van der Waals surface area contributed by atoms with Gasteiger partial charge in [0.15, 0.2) is 0 Å². The van der Waals surface area contributed by atoms with Gasteiger partial charge < -0.3 is 16.0 Å². The van der Waals surface area contributed by atoms with Gasteiger partial charge in [0.1, 0.15) is 6.04 Å². The largest absolute Gasteiger partial charge is 0.356 e. The van der Waals surface area contributed by atoms with Gasteiger partial charge in [0.05, 0.1) is 0 Å². The van der Waals surface area contributed by atoms with Gasteiger partial charge in [-0.3, -0.25) is 4.79 Å². The summed E-state index contributed by atoms with van der Waals surface area (Å²) >= 11 is 6.00. The van der Waals surface area contributed by atoms with E-state index in [-0.39, 0.29) is 11.9 Å². The number of hydrogen-bond donors (Lipinski definition) is 2. The number of benzene rings is 1. The topological polar surface area (TPSA) is 58.4 Å². The summed E-state index contributed by atoms with van der Waals surface area (Å²) in [7, 11) is 0. The number of carbonyl (C=O) groups excluding carboxylic acids is 1. The lowest BCUT2D eigenvalue weighted by molar-refractivity contribution is -0.123. The number of halogens is 1. The molecule has 1 amide bonds. The number of nitrogens with zero attached hydrogens (tertiary/aromatic N) is 1. The molecule has 0 spiro atoms. The zero-order valence-corrected chi connectivity index (χ0v) is 10.5. The fraction of sp³-hybridized carbons (Fsp3) is 0.417. The zero-order chi connectivity index (χ0) is 12.4. The van der Waals surface area contributed by atoms with Gasteiger partial charge in [-0.15, -0.1) is 0 Å². The molecule has 1 aliphatic heterocycles. The Kier molecular flexibility index (Phi) is 3.54. The Labute approximate surface area is 106 Å². The fourth-order valence-electron chi connectivity index (χ4n) is 2.13. The van der Waals surface area contributed by atoms with Crippen molar-refractivity contribution in [2.24, 2.45) is 5.73 Å². The van der Waals surface area contributed by atoms with E-state index in [4.69, 9.17) is 17.3 Å². The molecule has 1 aromatic carbocycles. The van der Waals surface area contributed by atoms with Crippen LogP contribution in [0.3, 0.4) is 0 Å².